The number of thiophene rings is 1. The van der Waals surface area contributed by atoms with Crippen molar-refractivity contribution in [2.75, 3.05) is 6.54 Å². The monoisotopic (exact) mass is 383 g/mol. The molecule has 0 radical (unpaired) electrons. The number of amides is 1. The molecule has 0 spiro atoms. The maximum atomic E-state index is 12.9. The van der Waals surface area contributed by atoms with Gasteiger partial charge in [-0.25, -0.2) is 4.98 Å². The van der Waals surface area contributed by atoms with Gasteiger partial charge >= 0.3 is 0 Å². The van der Waals surface area contributed by atoms with Gasteiger partial charge in [0.15, 0.2) is 0 Å². The Morgan fingerprint density at radius 2 is 1.96 bits per heavy atom. The zero-order valence-electron chi connectivity index (χ0n) is 15.8. The molecule has 1 amide bonds. The van der Waals surface area contributed by atoms with Crippen LogP contribution in [0.15, 0.2) is 41.5 Å². The maximum Gasteiger partial charge on any atom is 0.262 e. The van der Waals surface area contributed by atoms with Crippen molar-refractivity contribution in [1.82, 2.24) is 14.9 Å². The summed E-state index contributed by atoms with van der Waals surface area (Å²) >= 11 is 1.29. The number of aryl methyl sites for hydroxylation is 1. The van der Waals surface area contributed by atoms with Crippen LogP contribution in [0.5, 0.6) is 0 Å². The average Bonchev–Trinajstić information content (AvgIpc) is 3.02. The topological polar surface area (TPSA) is 64.0 Å². The second-order valence-corrected chi connectivity index (χ2v) is 7.72. The highest BCUT2D eigenvalue weighted by atomic mass is 32.1. The van der Waals surface area contributed by atoms with Gasteiger partial charge in [0.25, 0.3) is 11.5 Å². The molecule has 0 unspecified atom stereocenters. The first-order chi connectivity index (χ1) is 13.1. The molecule has 1 aromatic carbocycles. The summed E-state index contributed by atoms with van der Waals surface area (Å²) in [5.41, 5.74) is 1.67. The van der Waals surface area contributed by atoms with Gasteiger partial charge < -0.3 is 5.32 Å². The summed E-state index contributed by atoms with van der Waals surface area (Å²) in [6.07, 6.45) is 6.02. The normalized spacial score (nSPS) is 11.0. The van der Waals surface area contributed by atoms with Crippen molar-refractivity contribution in [3.8, 4) is 0 Å². The molecule has 27 heavy (non-hydrogen) atoms. The molecule has 2 heterocycles. The third-order valence-electron chi connectivity index (χ3n) is 4.64. The Labute approximate surface area is 163 Å². The van der Waals surface area contributed by atoms with Crippen LogP contribution >= 0.6 is 11.3 Å². The largest absolute Gasteiger partial charge is 0.351 e. The van der Waals surface area contributed by atoms with E-state index in [0.717, 1.165) is 24.0 Å². The van der Waals surface area contributed by atoms with E-state index >= 15 is 0 Å². The van der Waals surface area contributed by atoms with Gasteiger partial charge in [0.1, 0.15) is 4.83 Å². The second-order valence-electron chi connectivity index (χ2n) is 6.72. The molecule has 1 N–H and O–H groups in total. The minimum absolute atomic E-state index is 0.0976. The molecule has 0 fully saturated rings. The molecule has 0 saturated heterocycles. The fraction of sp³-hybridized carbons (Fsp3) is 0.381. The third-order valence-corrected chi connectivity index (χ3v) is 5.83. The zero-order chi connectivity index (χ0) is 19.2. The van der Waals surface area contributed by atoms with Gasteiger partial charge in [-0.05, 0) is 24.5 Å². The van der Waals surface area contributed by atoms with Crippen molar-refractivity contribution in [2.45, 2.75) is 46.1 Å². The lowest BCUT2D eigenvalue weighted by Crippen LogP contribution is -2.24. The smallest absolute Gasteiger partial charge is 0.262 e. The number of hydrogen-bond acceptors (Lipinski definition) is 4. The number of fused-ring (bicyclic) bond motifs is 1. The number of aromatic nitrogens is 2. The van der Waals surface area contributed by atoms with Crippen molar-refractivity contribution in [2.24, 2.45) is 0 Å². The first-order valence-electron chi connectivity index (χ1n) is 9.42. The lowest BCUT2D eigenvalue weighted by atomic mass is 10.2. The van der Waals surface area contributed by atoms with E-state index in [1.807, 2.05) is 37.3 Å². The second kappa shape index (κ2) is 8.95. The first-order valence-corrected chi connectivity index (χ1v) is 10.2. The molecule has 0 saturated carbocycles. The third kappa shape index (κ3) is 4.45. The molecule has 5 nitrogen and oxygen atoms in total. The van der Waals surface area contributed by atoms with Crippen LogP contribution in [0.3, 0.4) is 0 Å². The molecule has 0 aliphatic carbocycles. The van der Waals surface area contributed by atoms with Gasteiger partial charge in [-0.3, -0.25) is 14.2 Å². The van der Waals surface area contributed by atoms with Gasteiger partial charge in [-0.2, -0.15) is 0 Å². The van der Waals surface area contributed by atoms with Crippen LogP contribution in [-0.4, -0.2) is 22.0 Å². The molecule has 0 aliphatic heterocycles. The van der Waals surface area contributed by atoms with Crippen LogP contribution in [-0.2, 0) is 6.54 Å². The Bertz CT molecular complexity index is 976. The highest BCUT2D eigenvalue weighted by Gasteiger charge is 2.19. The number of carbonyl (C=O) groups is 1. The van der Waals surface area contributed by atoms with E-state index in [1.54, 1.807) is 10.9 Å². The summed E-state index contributed by atoms with van der Waals surface area (Å²) in [5.74, 6) is -0.110. The Morgan fingerprint density at radius 1 is 1.19 bits per heavy atom. The Hall–Kier alpha value is -2.47. The first kappa shape index (κ1) is 19.3. The van der Waals surface area contributed by atoms with E-state index in [4.69, 9.17) is 0 Å². The van der Waals surface area contributed by atoms with Crippen LogP contribution in [0.25, 0.3) is 10.2 Å². The Kier molecular flexibility index (Phi) is 6.40. The number of benzene rings is 1. The number of nitrogens with zero attached hydrogens (tertiary/aromatic N) is 2. The van der Waals surface area contributed by atoms with Gasteiger partial charge in [-0.15, -0.1) is 11.3 Å². The van der Waals surface area contributed by atoms with Crippen molar-refractivity contribution >= 4 is 27.5 Å². The molecule has 142 valence electrons. The number of carbonyl (C=O) groups excluding carboxylic acids is 1. The summed E-state index contributed by atoms with van der Waals surface area (Å²) in [6, 6.07) is 9.81. The molecule has 2 aromatic heterocycles. The lowest BCUT2D eigenvalue weighted by Gasteiger charge is -2.05. The van der Waals surface area contributed by atoms with E-state index in [-0.39, 0.29) is 11.5 Å². The van der Waals surface area contributed by atoms with Crippen LogP contribution in [0.1, 0.15) is 53.4 Å². The van der Waals surface area contributed by atoms with Crippen molar-refractivity contribution < 1.29 is 4.79 Å². The highest BCUT2D eigenvalue weighted by Crippen LogP contribution is 2.26. The van der Waals surface area contributed by atoms with E-state index in [0.29, 0.717) is 28.2 Å². The molecule has 0 bridgehead atoms. The predicted molar refractivity (Wildman–Crippen MR) is 111 cm³/mol. The predicted octanol–water partition coefficient (Wildman–Crippen LogP) is 4.12. The summed E-state index contributed by atoms with van der Waals surface area (Å²) < 4.78 is 1.60. The summed E-state index contributed by atoms with van der Waals surface area (Å²) in [6.45, 7) is 5.13. The van der Waals surface area contributed by atoms with Crippen molar-refractivity contribution in [3.63, 3.8) is 0 Å². The maximum absolute atomic E-state index is 12.9. The number of unbranched alkanes of at least 4 members (excludes halogenated alkanes) is 3. The zero-order valence-corrected chi connectivity index (χ0v) is 16.6. The standard InChI is InChI=1S/C21H25N3O2S/c1-3-4-5-9-12-22-19(25)18-15(2)17-20(27-18)23-14-24(21(17)26)13-16-10-7-6-8-11-16/h6-8,10-11,14H,3-5,9,12-13H2,1-2H3,(H,22,25). The SMILES string of the molecule is CCCCCCNC(=O)c1sc2ncn(Cc3ccccc3)c(=O)c2c1C. The number of hydrogen-bond donors (Lipinski definition) is 1. The Balaban J connectivity index is 1.81. The fourth-order valence-electron chi connectivity index (χ4n) is 3.10. The van der Waals surface area contributed by atoms with E-state index in [2.05, 4.69) is 17.2 Å². The van der Waals surface area contributed by atoms with Crippen LogP contribution in [0.4, 0.5) is 0 Å². The highest BCUT2D eigenvalue weighted by molar-refractivity contribution is 7.20. The van der Waals surface area contributed by atoms with Gasteiger partial charge in [0.2, 0.25) is 0 Å². The van der Waals surface area contributed by atoms with Gasteiger partial charge in [0, 0.05) is 6.54 Å². The van der Waals surface area contributed by atoms with Crippen LogP contribution in [0, 0.1) is 6.92 Å². The quantitative estimate of drug-likeness (QED) is 0.595. The molecular weight excluding hydrogens is 358 g/mol. The molecule has 0 atom stereocenters. The minimum Gasteiger partial charge on any atom is -0.351 e. The average molecular weight is 384 g/mol. The summed E-state index contributed by atoms with van der Waals surface area (Å²) in [5, 5.41) is 3.52. The van der Waals surface area contributed by atoms with Crippen molar-refractivity contribution in [1.29, 1.82) is 0 Å². The van der Waals surface area contributed by atoms with Gasteiger partial charge in [-0.1, -0.05) is 56.5 Å². The molecular formula is C21H25N3O2S. The Morgan fingerprint density at radius 3 is 2.70 bits per heavy atom. The summed E-state index contributed by atoms with van der Waals surface area (Å²) in [7, 11) is 0. The molecule has 3 aromatic rings. The lowest BCUT2D eigenvalue weighted by molar-refractivity contribution is 0.0956. The van der Waals surface area contributed by atoms with Crippen LogP contribution < -0.4 is 10.9 Å². The van der Waals surface area contributed by atoms with E-state index < -0.39 is 0 Å². The van der Waals surface area contributed by atoms with E-state index in [1.165, 1.54) is 24.2 Å². The minimum atomic E-state index is -0.110. The summed E-state index contributed by atoms with van der Waals surface area (Å²) in [4.78, 5) is 31.1. The molecule has 0 aliphatic rings. The van der Waals surface area contributed by atoms with E-state index in [9.17, 15) is 9.59 Å². The fourth-order valence-corrected chi connectivity index (χ4v) is 4.16. The molecule has 3 rings (SSSR count). The molecule has 6 heteroatoms. The number of rotatable bonds is 8. The van der Waals surface area contributed by atoms with Gasteiger partial charge in [0.05, 0.1) is 23.1 Å². The van der Waals surface area contributed by atoms with Crippen molar-refractivity contribution in [3.05, 3.63) is 63.0 Å². The van der Waals surface area contributed by atoms with Crippen LogP contribution in [0.2, 0.25) is 0 Å². The number of nitrogens with one attached hydrogen (secondary N) is 1.